The third-order valence-electron chi connectivity index (χ3n) is 8.00. The molecule has 5 rings (SSSR count). The van der Waals surface area contributed by atoms with E-state index in [0.717, 1.165) is 42.3 Å². The number of likely N-dealkylation sites (tertiary alicyclic amines) is 1. The third kappa shape index (κ3) is 7.88. The van der Waals surface area contributed by atoms with Crippen LogP contribution in [0.15, 0.2) is 24.3 Å². The van der Waals surface area contributed by atoms with E-state index in [4.69, 9.17) is 24.0 Å². The topological polar surface area (TPSA) is 188 Å². The number of hydrogen-bond acceptors (Lipinski definition) is 9. The molecule has 0 spiro atoms. The molecule has 4 atom stereocenters. The summed E-state index contributed by atoms with van der Waals surface area (Å²) in [4.78, 5) is 65.2. The standard InChI is InChI=1S/C26H35N3O6.H3O4P/c30-17(16-29-25(33)19-13-22(31)23(32)14-20(19)26(29)34)15-27-9-11-28(12-10-27)21-7-3-4-8-24(21)35-18-5-1-2-6-18;1-5(2,3)4/h3-4,7-8,18-20,22-23,31-32H,1-2,5-6,9-16H2;(H3,1,2,3,4). The SMILES string of the molecule is O=C(CN1CCN(c2ccccc2OC2CCCC2)CC1)CN1C(=O)C2CC(O)C(O)CC2C1=O.O=P(O)(O)O. The van der Waals surface area contributed by atoms with Crippen molar-refractivity contribution < 1.29 is 48.6 Å². The van der Waals surface area contributed by atoms with Crippen LogP contribution in [0.2, 0.25) is 0 Å². The van der Waals surface area contributed by atoms with E-state index in [-0.39, 0.29) is 31.7 Å². The molecule has 222 valence electrons. The van der Waals surface area contributed by atoms with Crippen molar-refractivity contribution in [3.63, 3.8) is 0 Å². The fraction of sp³-hybridized carbons (Fsp3) is 0.654. The molecule has 2 saturated carbocycles. The van der Waals surface area contributed by atoms with Gasteiger partial charge in [0.1, 0.15) is 5.75 Å². The molecule has 0 bridgehead atoms. The number of piperazine rings is 1. The van der Waals surface area contributed by atoms with Crippen LogP contribution < -0.4 is 9.64 Å². The Hall–Kier alpha value is -2.38. The Morgan fingerprint density at radius 1 is 0.875 bits per heavy atom. The van der Waals surface area contributed by atoms with Gasteiger partial charge >= 0.3 is 7.82 Å². The molecule has 2 saturated heterocycles. The molecule has 5 N–H and O–H groups in total. The highest BCUT2D eigenvalue weighted by atomic mass is 31.2. The molecule has 0 aromatic heterocycles. The summed E-state index contributed by atoms with van der Waals surface area (Å²) in [5, 5.41) is 19.8. The van der Waals surface area contributed by atoms with Crippen molar-refractivity contribution in [3.8, 4) is 5.75 Å². The van der Waals surface area contributed by atoms with Crippen LogP contribution >= 0.6 is 7.82 Å². The van der Waals surface area contributed by atoms with E-state index in [0.29, 0.717) is 19.2 Å². The highest BCUT2D eigenvalue weighted by Crippen LogP contribution is 2.38. The van der Waals surface area contributed by atoms with Crippen LogP contribution in [0.4, 0.5) is 5.69 Å². The molecule has 2 aliphatic carbocycles. The van der Waals surface area contributed by atoms with Crippen LogP contribution in [0.3, 0.4) is 0 Å². The average molecular weight is 584 g/mol. The largest absolute Gasteiger partial charge is 0.488 e. The van der Waals surface area contributed by atoms with Crippen LogP contribution in [0.5, 0.6) is 5.75 Å². The van der Waals surface area contributed by atoms with Gasteiger partial charge in [-0.25, -0.2) is 4.57 Å². The third-order valence-corrected chi connectivity index (χ3v) is 8.00. The monoisotopic (exact) mass is 583 g/mol. The highest BCUT2D eigenvalue weighted by molar-refractivity contribution is 7.45. The van der Waals surface area contributed by atoms with E-state index in [1.54, 1.807) is 0 Å². The Balaban J connectivity index is 0.000000681. The normalized spacial score (nSPS) is 27.8. The van der Waals surface area contributed by atoms with Crippen molar-refractivity contribution in [1.82, 2.24) is 9.80 Å². The molecular weight excluding hydrogens is 545 g/mol. The number of nitrogens with zero attached hydrogens (tertiary/aromatic N) is 3. The molecule has 4 unspecified atom stereocenters. The molecule has 4 aliphatic rings. The molecule has 14 heteroatoms. The highest BCUT2D eigenvalue weighted by Gasteiger charge is 2.52. The molecule has 40 heavy (non-hydrogen) atoms. The summed E-state index contributed by atoms with van der Waals surface area (Å²) in [6.07, 6.45) is 3.07. The number of amides is 2. The quantitative estimate of drug-likeness (QED) is 0.212. The van der Waals surface area contributed by atoms with Crippen molar-refractivity contribution in [3.05, 3.63) is 24.3 Å². The number of aliphatic hydroxyl groups excluding tert-OH is 2. The van der Waals surface area contributed by atoms with Gasteiger partial charge in [-0.2, -0.15) is 0 Å². The molecule has 4 fully saturated rings. The van der Waals surface area contributed by atoms with Crippen molar-refractivity contribution in [2.45, 2.75) is 56.8 Å². The van der Waals surface area contributed by atoms with Crippen molar-refractivity contribution in [2.75, 3.05) is 44.2 Å². The van der Waals surface area contributed by atoms with Crippen LogP contribution in [0.25, 0.3) is 0 Å². The molecule has 1 aromatic rings. The number of para-hydroxylation sites is 2. The smallest absolute Gasteiger partial charge is 0.466 e. The van der Waals surface area contributed by atoms with Crippen molar-refractivity contribution in [2.24, 2.45) is 11.8 Å². The van der Waals surface area contributed by atoms with Gasteiger partial charge in [0, 0.05) is 26.2 Å². The second-order valence-corrected chi connectivity index (χ2v) is 11.9. The van der Waals surface area contributed by atoms with Gasteiger partial charge in [-0.1, -0.05) is 12.1 Å². The number of ether oxygens (including phenoxy) is 1. The Morgan fingerprint density at radius 2 is 1.40 bits per heavy atom. The first-order valence-electron chi connectivity index (χ1n) is 13.6. The summed E-state index contributed by atoms with van der Waals surface area (Å²) >= 11 is 0. The van der Waals surface area contributed by atoms with Gasteiger partial charge in [-0.15, -0.1) is 0 Å². The number of anilines is 1. The lowest BCUT2D eigenvalue weighted by Crippen LogP contribution is -2.49. The van der Waals surface area contributed by atoms with E-state index in [1.165, 1.54) is 12.8 Å². The number of carbonyl (C=O) groups is 3. The van der Waals surface area contributed by atoms with Gasteiger partial charge in [-0.05, 0) is 50.7 Å². The number of fused-ring (bicyclic) bond motifs is 1. The van der Waals surface area contributed by atoms with Crippen LogP contribution in [0, 0.1) is 11.8 Å². The fourth-order valence-corrected chi connectivity index (χ4v) is 6.00. The number of benzene rings is 1. The zero-order chi connectivity index (χ0) is 29.0. The Labute approximate surface area is 232 Å². The first-order chi connectivity index (χ1) is 18.9. The van der Waals surface area contributed by atoms with Crippen LogP contribution in [-0.4, -0.2) is 110 Å². The minimum atomic E-state index is -4.64. The summed E-state index contributed by atoms with van der Waals surface area (Å²) in [5.41, 5.74) is 1.09. The number of Topliss-reactive ketones (excluding diaryl/α,β-unsaturated/α-hetero) is 1. The molecular formula is C26H38N3O10P. The maximum Gasteiger partial charge on any atom is 0.466 e. The lowest BCUT2D eigenvalue weighted by atomic mass is 9.78. The lowest BCUT2D eigenvalue weighted by Gasteiger charge is -2.36. The fourth-order valence-electron chi connectivity index (χ4n) is 6.00. The summed E-state index contributed by atoms with van der Waals surface area (Å²) in [7, 11) is -4.64. The number of ketones is 1. The summed E-state index contributed by atoms with van der Waals surface area (Å²) in [6.45, 7) is 2.88. The first kappa shape index (κ1) is 30.6. The predicted molar refractivity (Wildman–Crippen MR) is 142 cm³/mol. The van der Waals surface area contributed by atoms with Crippen molar-refractivity contribution in [1.29, 1.82) is 0 Å². The number of aliphatic hydroxyl groups is 2. The molecule has 0 radical (unpaired) electrons. The van der Waals surface area contributed by atoms with E-state index in [9.17, 15) is 24.6 Å². The maximum atomic E-state index is 12.8. The van der Waals surface area contributed by atoms with Gasteiger partial charge in [0.25, 0.3) is 0 Å². The van der Waals surface area contributed by atoms with Gasteiger partial charge in [0.15, 0.2) is 5.78 Å². The van der Waals surface area contributed by atoms with Gasteiger partial charge in [0.2, 0.25) is 11.8 Å². The summed E-state index contributed by atoms with van der Waals surface area (Å²) < 4.78 is 15.2. The van der Waals surface area contributed by atoms with Crippen LogP contribution in [-0.2, 0) is 18.9 Å². The van der Waals surface area contributed by atoms with E-state index in [2.05, 4.69) is 15.9 Å². The average Bonchev–Trinajstić information content (AvgIpc) is 3.47. The Morgan fingerprint density at radius 3 is 1.95 bits per heavy atom. The van der Waals surface area contributed by atoms with E-state index in [1.807, 2.05) is 18.2 Å². The molecule has 2 aliphatic heterocycles. The van der Waals surface area contributed by atoms with Gasteiger partial charge in [0.05, 0.1) is 48.9 Å². The summed E-state index contributed by atoms with van der Waals surface area (Å²) in [5.74, 6) is -1.32. The van der Waals surface area contributed by atoms with E-state index < -0.39 is 43.7 Å². The molecule has 2 amide bonds. The number of carbonyl (C=O) groups excluding carboxylic acids is 3. The zero-order valence-corrected chi connectivity index (χ0v) is 23.1. The zero-order valence-electron chi connectivity index (χ0n) is 22.2. The number of rotatable bonds is 7. The molecule has 1 aromatic carbocycles. The first-order valence-corrected chi connectivity index (χ1v) is 15.2. The second-order valence-electron chi connectivity index (χ2n) is 10.9. The number of phosphoric acid groups is 1. The van der Waals surface area contributed by atoms with Gasteiger partial charge < -0.3 is 34.5 Å². The predicted octanol–water partition coefficient (Wildman–Crippen LogP) is -0.113. The summed E-state index contributed by atoms with van der Waals surface area (Å²) in [6, 6.07) is 8.14. The van der Waals surface area contributed by atoms with Crippen molar-refractivity contribution >= 4 is 31.1 Å². The van der Waals surface area contributed by atoms with Crippen LogP contribution in [0.1, 0.15) is 38.5 Å². The van der Waals surface area contributed by atoms with Gasteiger partial charge in [-0.3, -0.25) is 24.2 Å². The molecule has 2 heterocycles. The minimum Gasteiger partial charge on any atom is -0.488 e. The lowest BCUT2D eigenvalue weighted by molar-refractivity contribution is -0.143. The Bertz CT molecular complexity index is 1080. The number of imide groups is 1. The van der Waals surface area contributed by atoms with E-state index >= 15 is 0 Å². The molecule has 13 nitrogen and oxygen atoms in total. The Kier molecular flexibility index (Phi) is 9.99. The second kappa shape index (κ2) is 13.1. The minimum absolute atomic E-state index is 0.0645. The number of hydrogen-bond donors (Lipinski definition) is 5. The maximum absolute atomic E-state index is 12.8.